The topological polar surface area (TPSA) is 80.9 Å². The zero-order valence-electron chi connectivity index (χ0n) is 17.6. The second kappa shape index (κ2) is 8.31. The third-order valence-electron chi connectivity index (χ3n) is 5.63. The van der Waals surface area contributed by atoms with Crippen molar-refractivity contribution in [1.29, 1.82) is 0 Å². The summed E-state index contributed by atoms with van der Waals surface area (Å²) in [7, 11) is 1.66. The Labute approximate surface area is 175 Å². The van der Waals surface area contributed by atoms with Crippen LogP contribution in [-0.4, -0.2) is 45.2 Å². The van der Waals surface area contributed by atoms with E-state index in [1.54, 1.807) is 7.11 Å². The fourth-order valence-electron chi connectivity index (χ4n) is 4.18. The molecular formula is C22H27N5O3. The second-order valence-corrected chi connectivity index (χ2v) is 7.44. The minimum absolute atomic E-state index is 0.139. The number of carbonyl (C=O) groups is 1. The molecule has 2 aromatic heterocycles. The van der Waals surface area contributed by atoms with Crippen molar-refractivity contribution < 1.29 is 9.53 Å². The highest BCUT2D eigenvalue weighted by Gasteiger charge is 2.26. The Kier molecular flexibility index (Phi) is 5.59. The van der Waals surface area contributed by atoms with E-state index in [1.807, 2.05) is 38.1 Å². The van der Waals surface area contributed by atoms with Crippen LogP contribution in [0.15, 0.2) is 35.3 Å². The van der Waals surface area contributed by atoms with Gasteiger partial charge in [-0.2, -0.15) is 9.61 Å². The van der Waals surface area contributed by atoms with Crippen LogP contribution in [0.25, 0.3) is 5.65 Å². The summed E-state index contributed by atoms with van der Waals surface area (Å²) in [5, 5.41) is 7.07. The molecule has 0 radical (unpaired) electrons. The quantitative estimate of drug-likeness (QED) is 0.672. The van der Waals surface area contributed by atoms with Gasteiger partial charge in [-0.3, -0.25) is 14.5 Å². The lowest BCUT2D eigenvalue weighted by Gasteiger charge is -2.30. The molecule has 0 fully saturated rings. The Bertz CT molecular complexity index is 1130. The Morgan fingerprint density at radius 3 is 2.67 bits per heavy atom. The molecule has 3 aromatic rings. The van der Waals surface area contributed by atoms with Gasteiger partial charge < -0.3 is 14.6 Å². The molecule has 30 heavy (non-hydrogen) atoms. The Balaban J connectivity index is 1.70. The van der Waals surface area contributed by atoms with E-state index < -0.39 is 0 Å². The molecule has 1 aliphatic heterocycles. The van der Waals surface area contributed by atoms with Crippen LogP contribution in [0.3, 0.4) is 0 Å². The average Bonchev–Trinajstić information content (AvgIpc) is 3.21. The van der Waals surface area contributed by atoms with Crippen molar-refractivity contribution in [1.82, 2.24) is 24.4 Å². The molecule has 3 heterocycles. The molecule has 1 aromatic carbocycles. The normalized spacial score (nSPS) is 14.0. The number of ether oxygens (including phenoxy) is 1. The number of aromatic nitrogens is 3. The average molecular weight is 409 g/mol. The van der Waals surface area contributed by atoms with Gasteiger partial charge in [-0.05, 0) is 31.5 Å². The molecule has 8 heteroatoms. The van der Waals surface area contributed by atoms with Crippen molar-refractivity contribution >= 4 is 11.6 Å². The van der Waals surface area contributed by atoms with Crippen molar-refractivity contribution in [2.45, 2.75) is 39.9 Å². The van der Waals surface area contributed by atoms with E-state index >= 15 is 0 Å². The van der Waals surface area contributed by atoms with E-state index in [2.05, 4.69) is 19.9 Å². The maximum absolute atomic E-state index is 13.2. The zero-order chi connectivity index (χ0) is 21.3. The SMILES string of the molecule is CCNC(=O)c1cnn2c(=O)c3c(n(CC)c12)CCN(Cc1ccc(OC)cc1)C3. The highest BCUT2D eigenvalue weighted by molar-refractivity contribution is 5.99. The Morgan fingerprint density at radius 2 is 2.00 bits per heavy atom. The number of hydrogen-bond donors (Lipinski definition) is 1. The Hall–Kier alpha value is -3.13. The predicted molar refractivity (Wildman–Crippen MR) is 114 cm³/mol. The summed E-state index contributed by atoms with van der Waals surface area (Å²) in [5.41, 5.74) is 3.82. The van der Waals surface area contributed by atoms with Gasteiger partial charge in [0.1, 0.15) is 11.3 Å². The lowest BCUT2D eigenvalue weighted by Crippen LogP contribution is -2.38. The van der Waals surface area contributed by atoms with E-state index in [9.17, 15) is 9.59 Å². The molecule has 0 bridgehead atoms. The predicted octanol–water partition coefficient (Wildman–Crippen LogP) is 1.83. The molecule has 0 saturated carbocycles. The summed E-state index contributed by atoms with van der Waals surface area (Å²) in [6.45, 7) is 7.27. The number of hydrogen-bond acceptors (Lipinski definition) is 5. The third-order valence-corrected chi connectivity index (χ3v) is 5.63. The third kappa shape index (κ3) is 3.47. The van der Waals surface area contributed by atoms with Crippen LogP contribution in [-0.2, 0) is 26.1 Å². The van der Waals surface area contributed by atoms with Crippen molar-refractivity contribution in [2.75, 3.05) is 20.2 Å². The van der Waals surface area contributed by atoms with Crippen LogP contribution in [0.1, 0.15) is 41.0 Å². The van der Waals surface area contributed by atoms with E-state index in [4.69, 9.17) is 4.74 Å². The summed E-state index contributed by atoms with van der Waals surface area (Å²) >= 11 is 0. The number of aryl methyl sites for hydroxylation is 1. The number of benzene rings is 1. The van der Waals surface area contributed by atoms with E-state index in [1.165, 1.54) is 16.3 Å². The molecule has 4 rings (SSSR count). The van der Waals surface area contributed by atoms with Gasteiger partial charge in [-0.25, -0.2) is 0 Å². The maximum Gasteiger partial charge on any atom is 0.279 e. The highest BCUT2D eigenvalue weighted by Crippen LogP contribution is 2.22. The van der Waals surface area contributed by atoms with Gasteiger partial charge in [0.05, 0.1) is 18.9 Å². The lowest BCUT2D eigenvalue weighted by atomic mass is 10.0. The minimum atomic E-state index is -0.203. The van der Waals surface area contributed by atoms with Crippen LogP contribution in [0, 0.1) is 0 Å². The van der Waals surface area contributed by atoms with Gasteiger partial charge in [0.25, 0.3) is 11.5 Å². The fourth-order valence-corrected chi connectivity index (χ4v) is 4.18. The summed E-state index contributed by atoms with van der Waals surface area (Å²) in [6, 6.07) is 8.00. The zero-order valence-corrected chi connectivity index (χ0v) is 17.6. The molecule has 1 aliphatic rings. The van der Waals surface area contributed by atoms with Crippen LogP contribution in [0.4, 0.5) is 0 Å². The summed E-state index contributed by atoms with van der Waals surface area (Å²) < 4.78 is 8.67. The number of nitrogens with zero attached hydrogens (tertiary/aromatic N) is 4. The van der Waals surface area contributed by atoms with Crippen molar-refractivity contribution in [3.05, 3.63) is 63.2 Å². The molecule has 0 saturated heterocycles. The van der Waals surface area contributed by atoms with E-state index in [-0.39, 0.29) is 11.5 Å². The van der Waals surface area contributed by atoms with Crippen molar-refractivity contribution in [2.24, 2.45) is 0 Å². The van der Waals surface area contributed by atoms with Crippen LogP contribution in [0.5, 0.6) is 5.75 Å². The number of amides is 1. The number of methoxy groups -OCH3 is 1. The first-order valence-electron chi connectivity index (χ1n) is 10.3. The van der Waals surface area contributed by atoms with E-state index in [0.717, 1.165) is 36.5 Å². The molecule has 8 nitrogen and oxygen atoms in total. The summed E-state index contributed by atoms with van der Waals surface area (Å²) in [4.78, 5) is 28.0. The molecular weight excluding hydrogens is 382 g/mol. The van der Waals surface area contributed by atoms with Gasteiger partial charge in [-0.15, -0.1) is 0 Å². The van der Waals surface area contributed by atoms with Gasteiger partial charge >= 0.3 is 0 Å². The first kappa shape index (κ1) is 20.2. The van der Waals surface area contributed by atoms with Gasteiger partial charge in [0.15, 0.2) is 5.65 Å². The fraction of sp³-hybridized carbons (Fsp3) is 0.409. The van der Waals surface area contributed by atoms with Crippen molar-refractivity contribution in [3.8, 4) is 5.75 Å². The molecule has 1 amide bonds. The van der Waals surface area contributed by atoms with Crippen LogP contribution in [0.2, 0.25) is 0 Å². The standard InChI is InChI=1S/C22H27N5O3/c1-4-23-20(28)17-12-24-27-21(17)26(5-2)19-10-11-25(14-18(19)22(27)29)13-15-6-8-16(30-3)9-7-15/h6-9,12H,4-5,10-11,13-14H2,1-3H3,(H,23,28). The molecule has 158 valence electrons. The molecule has 0 unspecified atom stereocenters. The van der Waals surface area contributed by atoms with E-state index in [0.29, 0.717) is 30.8 Å². The summed E-state index contributed by atoms with van der Waals surface area (Å²) in [5.74, 6) is 0.628. The molecule has 1 N–H and O–H groups in total. The van der Waals surface area contributed by atoms with Gasteiger partial charge in [0.2, 0.25) is 0 Å². The smallest absolute Gasteiger partial charge is 0.279 e. The number of rotatable bonds is 6. The lowest BCUT2D eigenvalue weighted by molar-refractivity contribution is 0.0957. The second-order valence-electron chi connectivity index (χ2n) is 7.44. The highest BCUT2D eigenvalue weighted by atomic mass is 16.5. The number of fused-ring (bicyclic) bond motifs is 2. The molecule has 0 aliphatic carbocycles. The summed E-state index contributed by atoms with van der Waals surface area (Å²) in [6.07, 6.45) is 2.25. The first-order chi connectivity index (χ1) is 14.6. The van der Waals surface area contributed by atoms with Crippen LogP contribution >= 0.6 is 0 Å². The van der Waals surface area contributed by atoms with Gasteiger partial charge in [-0.1, -0.05) is 12.1 Å². The number of nitrogens with one attached hydrogen (secondary N) is 1. The molecule has 0 atom stereocenters. The van der Waals surface area contributed by atoms with Crippen molar-refractivity contribution in [3.63, 3.8) is 0 Å². The first-order valence-corrected chi connectivity index (χ1v) is 10.3. The van der Waals surface area contributed by atoms with Gasteiger partial charge in [0, 0.05) is 44.8 Å². The molecule has 0 spiro atoms. The monoisotopic (exact) mass is 409 g/mol. The number of carbonyl (C=O) groups excluding carboxylic acids is 1. The maximum atomic E-state index is 13.2. The van der Waals surface area contributed by atoms with Crippen LogP contribution < -0.4 is 15.6 Å². The largest absolute Gasteiger partial charge is 0.497 e. The Morgan fingerprint density at radius 1 is 1.23 bits per heavy atom. The minimum Gasteiger partial charge on any atom is -0.497 e.